The molecule has 0 aromatic heterocycles. The molecular weight excluding hydrogens is 208 g/mol. The predicted molar refractivity (Wildman–Crippen MR) is 45.6 cm³/mol. The van der Waals surface area contributed by atoms with Gasteiger partial charge in [-0.05, 0) is 18.2 Å². The van der Waals surface area contributed by atoms with Crippen molar-refractivity contribution >= 4 is 16.1 Å². The van der Waals surface area contributed by atoms with Gasteiger partial charge in [0.1, 0.15) is 5.75 Å². The van der Waals surface area contributed by atoms with Crippen molar-refractivity contribution in [2.75, 3.05) is 0 Å². The molecule has 1 heterocycles. The molecule has 1 aliphatic rings. The normalized spacial score (nSPS) is 15.1. The smallest absolute Gasteiger partial charge is 0.315 e. The summed E-state index contributed by atoms with van der Waals surface area (Å²) in [5.74, 6) is -0.0742. The summed E-state index contributed by atoms with van der Waals surface area (Å²) in [7, 11) is -4.21. The third kappa shape index (κ3) is 1.49. The maximum Gasteiger partial charge on any atom is 0.315 e. The monoisotopic (exact) mass is 214 g/mol. The van der Waals surface area contributed by atoms with Gasteiger partial charge < -0.3 is 4.74 Å². The Morgan fingerprint density at radius 1 is 1.36 bits per heavy atom. The number of carbonyl (C=O) groups is 1. The molecule has 0 atom stereocenters. The maximum atomic E-state index is 10.8. The molecule has 0 amide bonds. The van der Waals surface area contributed by atoms with Crippen LogP contribution < -0.4 is 4.74 Å². The first-order valence-corrected chi connectivity index (χ1v) is 5.22. The van der Waals surface area contributed by atoms with E-state index in [1.165, 1.54) is 18.2 Å². The third-order valence-corrected chi connectivity index (χ3v) is 2.74. The van der Waals surface area contributed by atoms with E-state index in [-0.39, 0.29) is 11.3 Å². The van der Waals surface area contributed by atoms with Gasteiger partial charge in [-0.2, -0.15) is 8.42 Å². The molecule has 1 aromatic carbocycles. The van der Waals surface area contributed by atoms with E-state index in [2.05, 4.69) is 0 Å². The summed E-state index contributed by atoms with van der Waals surface area (Å²) in [4.78, 5) is 10.6. The van der Waals surface area contributed by atoms with Gasteiger partial charge in [0.2, 0.25) is 0 Å². The van der Waals surface area contributed by atoms with Crippen LogP contribution in [-0.4, -0.2) is 18.9 Å². The standard InChI is InChI=1S/C8H6O5S/c9-8-4-5-3-6(14(10,11)12)1-2-7(5)13-8/h1-3H,4H2,(H,10,11,12). The molecule has 0 saturated carbocycles. The Labute approximate surface area is 80.1 Å². The highest BCUT2D eigenvalue weighted by Gasteiger charge is 2.22. The average molecular weight is 214 g/mol. The van der Waals surface area contributed by atoms with E-state index >= 15 is 0 Å². The van der Waals surface area contributed by atoms with Crippen molar-refractivity contribution in [1.82, 2.24) is 0 Å². The minimum Gasteiger partial charge on any atom is -0.426 e. The Hall–Kier alpha value is -1.40. The molecule has 0 fully saturated rings. The summed E-state index contributed by atoms with van der Waals surface area (Å²) in [5, 5.41) is 0. The zero-order chi connectivity index (χ0) is 10.3. The molecule has 0 spiro atoms. The fourth-order valence-electron chi connectivity index (χ4n) is 1.27. The first-order valence-electron chi connectivity index (χ1n) is 3.78. The Kier molecular flexibility index (Phi) is 1.83. The summed E-state index contributed by atoms with van der Waals surface area (Å²) in [6.07, 6.45) is 0.0404. The topological polar surface area (TPSA) is 80.7 Å². The largest absolute Gasteiger partial charge is 0.426 e. The van der Waals surface area contributed by atoms with Crippen molar-refractivity contribution in [3.63, 3.8) is 0 Å². The summed E-state index contributed by atoms with van der Waals surface area (Å²) < 4.78 is 35.0. The van der Waals surface area contributed by atoms with Crippen molar-refractivity contribution in [1.29, 1.82) is 0 Å². The zero-order valence-corrected chi connectivity index (χ0v) is 7.74. The van der Waals surface area contributed by atoms with Crippen LogP contribution >= 0.6 is 0 Å². The number of carbonyl (C=O) groups excluding carboxylic acids is 1. The van der Waals surface area contributed by atoms with E-state index in [1.807, 2.05) is 0 Å². The summed E-state index contributed by atoms with van der Waals surface area (Å²) >= 11 is 0. The molecule has 1 aliphatic heterocycles. The highest BCUT2D eigenvalue weighted by molar-refractivity contribution is 7.85. The first kappa shape index (κ1) is 9.17. The van der Waals surface area contributed by atoms with Gasteiger partial charge in [-0.25, -0.2) is 0 Å². The van der Waals surface area contributed by atoms with Crippen LogP contribution in [0.3, 0.4) is 0 Å². The lowest BCUT2D eigenvalue weighted by molar-refractivity contribution is -0.131. The lowest BCUT2D eigenvalue weighted by atomic mass is 10.2. The highest BCUT2D eigenvalue weighted by Crippen LogP contribution is 2.27. The van der Waals surface area contributed by atoms with Crippen molar-refractivity contribution in [3.8, 4) is 5.75 Å². The summed E-state index contributed by atoms with van der Waals surface area (Å²) in [6, 6.07) is 3.77. The lowest BCUT2D eigenvalue weighted by Crippen LogP contribution is -2.00. The summed E-state index contributed by atoms with van der Waals surface area (Å²) in [5.41, 5.74) is 0.477. The molecule has 2 rings (SSSR count). The first-order chi connectivity index (χ1) is 6.47. The van der Waals surface area contributed by atoms with Crippen molar-refractivity contribution in [3.05, 3.63) is 23.8 Å². The maximum absolute atomic E-state index is 10.8. The Morgan fingerprint density at radius 2 is 2.07 bits per heavy atom. The van der Waals surface area contributed by atoms with Gasteiger partial charge in [0.05, 0.1) is 11.3 Å². The molecule has 1 aromatic rings. The Balaban J connectivity index is 2.53. The predicted octanol–water partition coefficient (Wildman–Crippen LogP) is 0.395. The molecule has 0 saturated heterocycles. The van der Waals surface area contributed by atoms with E-state index in [9.17, 15) is 13.2 Å². The van der Waals surface area contributed by atoms with Crippen LogP contribution in [0.1, 0.15) is 5.56 Å². The number of hydrogen-bond acceptors (Lipinski definition) is 4. The minimum absolute atomic E-state index is 0.0404. The van der Waals surface area contributed by atoms with Gasteiger partial charge in [0.15, 0.2) is 0 Å². The van der Waals surface area contributed by atoms with Gasteiger partial charge in [0, 0.05) is 5.56 Å². The van der Waals surface area contributed by atoms with Crippen molar-refractivity contribution < 1.29 is 22.5 Å². The molecule has 74 valence electrons. The number of esters is 1. The van der Waals surface area contributed by atoms with E-state index in [4.69, 9.17) is 9.29 Å². The number of rotatable bonds is 1. The van der Waals surface area contributed by atoms with Crippen LogP contribution in [0.25, 0.3) is 0 Å². The van der Waals surface area contributed by atoms with Crippen LogP contribution in [0.4, 0.5) is 0 Å². The van der Waals surface area contributed by atoms with E-state index in [0.717, 1.165) is 0 Å². The lowest BCUT2D eigenvalue weighted by Gasteiger charge is -1.99. The van der Waals surface area contributed by atoms with Crippen molar-refractivity contribution in [2.24, 2.45) is 0 Å². The molecule has 0 radical (unpaired) electrons. The van der Waals surface area contributed by atoms with Crippen LogP contribution in [0.2, 0.25) is 0 Å². The number of fused-ring (bicyclic) bond motifs is 1. The summed E-state index contributed by atoms with van der Waals surface area (Å²) in [6.45, 7) is 0. The Bertz CT molecular complexity index is 502. The highest BCUT2D eigenvalue weighted by atomic mass is 32.2. The molecular formula is C8H6O5S. The van der Waals surface area contributed by atoms with Crippen LogP contribution in [-0.2, 0) is 21.3 Å². The average Bonchev–Trinajstić information content (AvgIpc) is 2.41. The van der Waals surface area contributed by atoms with Crippen LogP contribution in [0, 0.1) is 0 Å². The van der Waals surface area contributed by atoms with Gasteiger partial charge in [0.25, 0.3) is 10.1 Å². The van der Waals surface area contributed by atoms with Gasteiger partial charge in [-0.3, -0.25) is 9.35 Å². The van der Waals surface area contributed by atoms with E-state index < -0.39 is 16.1 Å². The van der Waals surface area contributed by atoms with Crippen molar-refractivity contribution in [2.45, 2.75) is 11.3 Å². The molecule has 14 heavy (non-hydrogen) atoms. The number of ether oxygens (including phenoxy) is 1. The molecule has 6 heteroatoms. The van der Waals surface area contributed by atoms with E-state index in [0.29, 0.717) is 11.3 Å². The van der Waals surface area contributed by atoms with Crippen LogP contribution in [0.15, 0.2) is 23.1 Å². The fraction of sp³-hybridized carbons (Fsp3) is 0.125. The number of hydrogen-bond donors (Lipinski definition) is 1. The molecule has 5 nitrogen and oxygen atoms in total. The van der Waals surface area contributed by atoms with Crippen LogP contribution in [0.5, 0.6) is 5.75 Å². The molecule has 0 bridgehead atoms. The zero-order valence-electron chi connectivity index (χ0n) is 6.93. The van der Waals surface area contributed by atoms with Gasteiger partial charge in [-0.1, -0.05) is 0 Å². The second-order valence-corrected chi connectivity index (χ2v) is 4.32. The van der Waals surface area contributed by atoms with Gasteiger partial charge >= 0.3 is 5.97 Å². The number of benzene rings is 1. The minimum atomic E-state index is -4.21. The quantitative estimate of drug-likeness (QED) is 0.415. The van der Waals surface area contributed by atoms with Gasteiger partial charge in [-0.15, -0.1) is 0 Å². The second-order valence-electron chi connectivity index (χ2n) is 2.90. The van der Waals surface area contributed by atoms with E-state index in [1.54, 1.807) is 0 Å². The Morgan fingerprint density at radius 3 is 2.71 bits per heavy atom. The molecule has 0 unspecified atom stereocenters. The second kappa shape index (κ2) is 2.79. The third-order valence-electron chi connectivity index (χ3n) is 1.89. The SMILES string of the molecule is O=C1Cc2cc(S(=O)(=O)O)ccc2O1. The fourth-order valence-corrected chi connectivity index (χ4v) is 1.80. The molecule has 0 aliphatic carbocycles. The molecule has 1 N–H and O–H groups in total.